The predicted molar refractivity (Wildman–Crippen MR) is 70.0 cm³/mol. The monoisotopic (exact) mass is 255 g/mol. The molecular weight excluding hydrogens is 230 g/mol. The maximum atomic E-state index is 11.5. The number of amides is 1. The lowest BCUT2D eigenvalue weighted by Gasteiger charge is -2.21. The summed E-state index contributed by atoms with van der Waals surface area (Å²) in [5.74, 6) is 0.00616. The van der Waals surface area contributed by atoms with E-state index in [0.29, 0.717) is 5.92 Å². The Bertz CT molecular complexity index is 272. The van der Waals surface area contributed by atoms with Crippen molar-refractivity contribution >= 4 is 11.9 Å². The Hall–Kier alpha value is -1.06. The molecule has 0 bridgehead atoms. The summed E-state index contributed by atoms with van der Waals surface area (Å²) in [6, 6.07) is 0. The van der Waals surface area contributed by atoms with Gasteiger partial charge in [-0.3, -0.25) is 9.59 Å². The molecule has 0 aromatic carbocycles. The molecule has 1 N–H and O–H groups in total. The molecule has 1 rings (SSSR count). The molecule has 1 fully saturated rings. The highest BCUT2D eigenvalue weighted by Crippen LogP contribution is 2.22. The van der Waals surface area contributed by atoms with Gasteiger partial charge in [0, 0.05) is 6.54 Å². The van der Waals surface area contributed by atoms with Crippen molar-refractivity contribution in [3.8, 4) is 0 Å². The molecule has 0 aromatic heterocycles. The third-order valence-corrected chi connectivity index (χ3v) is 3.67. The Balaban J connectivity index is 2.11. The molecule has 1 saturated carbocycles. The van der Waals surface area contributed by atoms with Gasteiger partial charge in [0.05, 0.1) is 5.92 Å². The first-order valence-electron chi connectivity index (χ1n) is 7.06. The van der Waals surface area contributed by atoms with E-state index in [1.54, 1.807) is 0 Å². The zero-order valence-corrected chi connectivity index (χ0v) is 11.5. The van der Waals surface area contributed by atoms with E-state index in [1.807, 2.05) is 13.8 Å². The van der Waals surface area contributed by atoms with Gasteiger partial charge in [-0.05, 0) is 25.2 Å². The van der Waals surface area contributed by atoms with Gasteiger partial charge in [0.25, 0.3) is 5.91 Å². The Labute approximate surface area is 109 Å². The number of hydrogen-bond donors (Lipinski definition) is 1. The fourth-order valence-electron chi connectivity index (χ4n) is 2.15. The maximum Gasteiger partial charge on any atom is 0.309 e. The molecule has 1 aliphatic carbocycles. The summed E-state index contributed by atoms with van der Waals surface area (Å²) < 4.78 is 4.95. The van der Waals surface area contributed by atoms with Gasteiger partial charge in [-0.15, -0.1) is 0 Å². The lowest BCUT2D eigenvalue weighted by molar-refractivity contribution is -0.152. The molecule has 18 heavy (non-hydrogen) atoms. The minimum atomic E-state index is -0.287. The first-order chi connectivity index (χ1) is 8.63. The predicted octanol–water partition coefficient (Wildman–Crippen LogP) is 2.27. The summed E-state index contributed by atoms with van der Waals surface area (Å²) in [5.41, 5.74) is 0. The molecule has 1 unspecified atom stereocenters. The van der Waals surface area contributed by atoms with Gasteiger partial charge in [0.2, 0.25) is 0 Å². The quantitative estimate of drug-likeness (QED) is 0.741. The molecule has 0 saturated heterocycles. The van der Waals surface area contributed by atoms with Crippen molar-refractivity contribution in [2.75, 3.05) is 13.2 Å². The first kappa shape index (κ1) is 15.0. The van der Waals surface area contributed by atoms with Crippen molar-refractivity contribution in [2.24, 2.45) is 11.8 Å². The zero-order chi connectivity index (χ0) is 13.4. The molecule has 4 heteroatoms. The van der Waals surface area contributed by atoms with E-state index in [1.165, 1.54) is 32.1 Å². The summed E-state index contributed by atoms with van der Waals surface area (Å²) in [6.45, 7) is 4.31. The zero-order valence-electron chi connectivity index (χ0n) is 11.5. The highest BCUT2D eigenvalue weighted by atomic mass is 16.5. The third-order valence-electron chi connectivity index (χ3n) is 3.67. The van der Waals surface area contributed by atoms with Gasteiger partial charge < -0.3 is 10.1 Å². The second-order valence-electron chi connectivity index (χ2n) is 5.23. The standard InChI is InChI=1S/C14H25NO3/c1-3-11(2)14(17)18-10-13(16)15-9-12-7-5-4-6-8-12/h11-12H,3-10H2,1-2H3,(H,15,16). The number of esters is 1. The molecular formula is C14H25NO3. The van der Waals surface area contributed by atoms with Gasteiger partial charge in [0.15, 0.2) is 6.61 Å². The van der Waals surface area contributed by atoms with Crippen LogP contribution in [0.15, 0.2) is 0 Å². The normalized spacial score (nSPS) is 18.1. The van der Waals surface area contributed by atoms with E-state index < -0.39 is 0 Å². The average Bonchev–Trinajstić information content (AvgIpc) is 2.42. The van der Waals surface area contributed by atoms with Crippen molar-refractivity contribution in [3.63, 3.8) is 0 Å². The summed E-state index contributed by atoms with van der Waals surface area (Å²) >= 11 is 0. The van der Waals surface area contributed by atoms with Crippen LogP contribution in [0.25, 0.3) is 0 Å². The molecule has 4 nitrogen and oxygen atoms in total. The fourth-order valence-corrected chi connectivity index (χ4v) is 2.15. The summed E-state index contributed by atoms with van der Waals surface area (Å²) in [5, 5.41) is 2.85. The molecule has 0 aliphatic heterocycles. The average molecular weight is 255 g/mol. The van der Waals surface area contributed by atoms with Crippen LogP contribution in [-0.2, 0) is 14.3 Å². The van der Waals surface area contributed by atoms with E-state index >= 15 is 0 Å². The SMILES string of the molecule is CCC(C)C(=O)OCC(=O)NCC1CCCCC1. The van der Waals surface area contributed by atoms with Crippen LogP contribution in [0.2, 0.25) is 0 Å². The third kappa shape index (κ3) is 5.52. The lowest BCUT2D eigenvalue weighted by Crippen LogP contribution is -2.34. The second-order valence-corrected chi connectivity index (χ2v) is 5.23. The molecule has 1 amide bonds. The maximum absolute atomic E-state index is 11.5. The Morgan fingerprint density at radius 2 is 1.94 bits per heavy atom. The van der Waals surface area contributed by atoms with E-state index in [4.69, 9.17) is 4.74 Å². The summed E-state index contributed by atoms with van der Waals surface area (Å²) in [4.78, 5) is 22.9. The van der Waals surface area contributed by atoms with Crippen LogP contribution in [0.4, 0.5) is 0 Å². The number of carbonyl (C=O) groups excluding carboxylic acids is 2. The van der Waals surface area contributed by atoms with Gasteiger partial charge in [-0.1, -0.05) is 33.1 Å². The van der Waals surface area contributed by atoms with Gasteiger partial charge >= 0.3 is 5.97 Å². The van der Waals surface area contributed by atoms with Crippen LogP contribution in [0.3, 0.4) is 0 Å². The van der Waals surface area contributed by atoms with Crippen molar-refractivity contribution in [1.29, 1.82) is 0 Å². The molecule has 0 aromatic rings. The number of nitrogens with one attached hydrogen (secondary N) is 1. The summed E-state index contributed by atoms with van der Waals surface area (Å²) in [7, 11) is 0. The highest BCUT2D eigenvalue weighted by molar-refractivity contribution is 5.81. The van der Waals surface area contributed by atoms with Crippen LogP contribution in [0.5, 0.6) is 0 Å². The molecule has 1 atom stereocenters. The van der Waals surface area contributed by atoms with Crippen LogP contribution in [-0.4, -0.2) is 25.0 Å². The van der Waals surface area contributed by atoms with Crippen LogP contribution >= 0.6 is 0 Å². The minimum Gasteiger partial charge on any atom is -0.455 e. The molecule has 0 radical (unpaired) electrons. The second kappa shape index (κ2) is 8.11. The van der Waals surface area contributed by atoms with Gasteiger partial charge in [0.1, 0.15) is 0 Å². The van der Waals surface area contributed by atoms with Crippen molar-refractivity contribution < 1.29 is 14.3 Å². The molecule has 0 spiro atoms. The smallest absolute Gasteiger partial charge is 0.309 e. The van der Waals surface area contributed by atoms with Gasteiger partial charge in [-0.25, -0.2) is 0 Å². The number of hydrogen-bond acceptors (Lipinski definition) is 3. The molecule has 0 heterocycles. The largest absolute Gasteiger partial charge is 0.455 e. The Kier molecular flexibility index (Phi) is 6.76. The van der Waals surface area contributed by atoms with Crippen LogP contribution in [0.1, 0.15) is 52.4 Å². The number of rotatable bonds is 6. The summed E-state index contributed by atoms with van der Waals surface area (Å²) in [6.07, 6.45) is 6.99. The van der Waals surface area contributed by atoms with E-state index in [0.717, 1.165) is 13.0 Å². The lowest BCUT2D eigenvalue weighted by atomic mass is 9.89. The topological polar surface area (TPSA) is 55.4 Å². The van der Waals surface area contributed by atoms with Gasteiger partial charge in [-0.2, -0.15) is 0 Å². The molecule has 1 aliphatic rings. The van der Waals surface area contributed by atoms with Crippen LogP contribution < -0.4 is 5.32 Å². The molecule has 104 valence electrons. The first-order valence-corrected chi connectivity index (χ1v) is 7.06. The number of carbonyl (C=O) groups is 2. The van der Waals surface area contributed by atoms with Crippen molar-refractivity contribution in [2.45, 2.75) is 52.4 Å². The van der Waals surface area contributed by atoms with Crippen molar-refractivity contribution in [3.05, 3.63) is 0 Å². The Morgan fingerprint density at radius 1 is 1.28 bits per heavy atom. The fraction of sp³-hybridized carbons (Fsp3) is 0.857. The Morgan fingerprint density at radius 3 is 2.56 bits per heavy atom. The highest BCUT2D eigenvalue weighted by Gasteiger charge is 2.16. The van der Waals surface area contributed by atoms with E-state index in [2.05, 4.69) is 5.32 Å². The minimum absolute atomic E-state index is 0.129. The van der Waals surface area contributed by atoms with Crippen molar-refractivity contribution in [1.82, 2.24) is 5.32 Å². The number of ether oxygens (including phenoxy) is 1. The van der Waals surface area contributed by atoms with E-state index in [-0.39, 0.29) is 24.4 Å². The van der Waals surface area contributed by atoms with E-state index in [9.17, 15) is 9.59 Å². The van der Waals surface area contributed by atoms with Crippen LogP contribution in [0, 0.1) is 11.8 Å².